The number of rotatable bonds is 3. The van der Waals surface area contributed by atoms with Gasteiger partial charge < -0.3 is 9.52 Å². The summed E-state index contributed by atoms with van der Waals surface area (Å²) >= 11 is 15.5. The van der Waals surface area contributed by atoms with Gasteiger partial charge in [0, 0.05) is 20.6 Å². The van der Waals surface area contributed by atoms with Gasteiger partial charge in [0.1, 0.15) is 5.69 Å². The minimum absolute atomic E-state index is 0.333. The Labute approximate surface area is 149 Å². The van der Waals surface area contributed by atoms with E-state index in [1.54, 1.807) is 30.3 Å². The van der Waals surface area contributed by atoms with Crippen LogP contribution in [0.15, 0.2) is 51.4 Å². The lowest BCUT2D eigenvalue weighted by molar-refractivity contribution is 0.0654. The van der Waals surface area contributed by atoms with Crippen LogP contribution in [0.3, 0.4) is 0 Å². The first-order valence-corrected chi connectivity index (χ1v) is 7.96. The van der Waals surface area contributed by atoms with Crippen molar-refractivity contribution in [2.24, 2.45) is 0 Å². The first-order chi connectivity index (χ1) is 11.0. The number of hydrogen-bond donors (Lipinski definition) is 1. The van der Waals surface area contributed by atoms with Gasteiger partial charge >= 0.3 is 11.9 Å². The number of aromatic nitrogens is 1. The number of halogens is 3. The van der Waals surface area contributed by atoms with E-state index in [4.69, 9.17) is 32.7 Å². The van der Waals surface area contributed by atoms with Crippen molar-refractivity contribution in [3.63, 3.8) is 0 Å². The Morgan fingerprint density at radius 2 is 1.83 bits per heavy atom. The topological polar surface area (TPSA) is 63.3 Å². The lowest BCUT2D eigenvalue weighted by Crippen LogP contribution is -1.95. The van der Waals surface area contributed by atoms with E-state index < -0.39 is 11.9 Å². The lowest BCUT2D eigenvalue weighted by atomic mass is 10.1. The Bertz CT molecular complexity index is 891. The Balaban J connectivity index is 2.22. The third-order valence-electron chi connectivity index (χ3n) is 3.10. The molecule has 0 spiro atoms. The van der Waals surface area contributed by atoms with Crippen LogP contribution >= 0.6 is 39.1 Å². The maximum atomic E-state index is 11.2. The molecule has 0 aliphatic rings. The highest BCUT2D eigenvalue weighted by atomic mass is 79.9. The third-order valence-corrected chi connectivity index (χ3v) is 4.18. The summed E-state index contributed by atoms with van der Waals surface area (Å²) in [7, 11) is 0. The quantitative estimate of drug-likeness (QED) is 0.592. The molecule has 0 saturated carbocycles. The van der Waals surface area contributed by atoms with Crippen LogP contribution in [0.2, 0.25) is 10.0 Å². The van der Waals surface area contributed by atoms with Gasteiger partial charge in [0.05, 0.1) is 5.02 Å². The number of carboxylic acid groups (broad SMARTS) is 1. The fourth-order valence-corrected chi connectivity index (χ4v) is 2.83. The molecule has 0 aliphatic carbocycles. The van der Waals surface area contributed by atoms with Crippen molar-refractivity contribution in [2.45, 2.75) is 0 Å². The summed E-state index contributed by atoms with van der Waals surface area (Å²) in [6, 6.07) is 12.1. The molecule has 7 heteroatoms. The molecular formula is C16H8BrCl2NO3. The van der Waals surface area contributed by atoms with E-state index in [-0.39, 0.29) is 0 Å². The minimum Gasteiger partial charge on any atom is -0.474 e. The molecule has 1 heterocycles. The van der Waals surface area contributed by atoms with Crippen LogP contribution in [-0.2, 0) is 0 Å². The molecular weight excluding hydrogens is 405 g/mol. The number of benzene rings is 2. The molecule has 0 saturated heterocycles. The highest BCUT2D eigenvalue weighted by molar-refractivity contribution is 9.10. The van der Waals surface area contributed by atoms with Gasteiger partial charge in [-0.1, -0.05) is 51.3 Å². The zero-order chi connectivity index (χ0) is 16.6. The average Bonchev–Trinajstić information content (AvgIpc) is 2.93. The van der Waals surface area contributed by atoms with Gasteiger partial charge in [-0.2, -0.15) is 0 Å². The Kier molecular flexibility index (Phi) is 4.43. The highest BCUT2D eigenvalue weighted by Crippen LogP contribution is 2.37. The fraction of sp³-hybridized carbons (Fsp3) is 0. The molecule has 2 aromatic carbocycles. The standard InChI is InChI=1S/C16H8BrCl2NO3/c17-9-3-1-8(2-4-9)14-13(20-15(23-14)16(21)22)11-6-5-10(18)7-12(11)19/h1-7H,(H,21,22). The van der Waals surface area contributed by atoms with Crippen molar-refractivity contribution in [1.82, 2.24) is 4.98 Å². The molecule has 1 aromatic heterocycles. The predicted molar refractivity (Wildman–Crippen MR) is 92.1 cm³/mol. The molecule has 23 heavy (non-hydrogen) atoms. The Morgan fingerprint density at radius 3 is 2.43 bits per heavy atom. The molecule has 0 radical (unpaired) electrons. The highest BCUT2D eigenvalue weighted by Gasteiger charge is 2.22. The summed E-state index contributed by atoms with van der Waals surface area (Å²) in [6.45, 7) is 0. The van der Waals surface area contributed by atoms with Crippen LogP contribution in [0.4, 0.5) is 0 Å². The van der Waals surface area contributed by atoms with Gasteiger partial charge in [0.15, 0.2) is 5.76 Å². The zero-order valence-corrected chi connectivity index (χ0v) is 14.5. The molecule has 3 aromatic rings. The van der Waals surface area contributed by atoms with E-state index in [1.807, 2.05) is 12.1 Å². The molecule has 116 valence electrons. The number of hydrogen-bond acceptors (Lipinski definition) is 3. The average molecular weight is 413 g/mol. The van der Waals surface area contributed by atoms with Crippen molar-refractivity contribution in [3.05, 3.63) is 62.9 Å². The summed E-state index contributed by atoms with van der Waals surface area (Å²) in [6.07, 6.45) is 0. The summed E-state index contributed by atoms with van der Waals surface area (Å²) in [5.41, 5.74) is 1.59. The van der Waals surface area contributed by atoms with Crippen molar-refractivity contribution in [1.29, 1.82) is 0 Å². The molecule has 0 bridgehead atoms. The summed E-state index contributed by atoms with van der Waals surface area (Å²) < 4.78 is 6.32. The van der Waals surface area contributed by atoms with Crippen molar-refractivity contribution < 1.29 is 14.3 Å². The van der Waals surface area contributed by atoms with Gasteiger partial charge in [0.25, 0.3) is 0 Å². The van der Waals surface area contributed by atoms with Crippen LogP contribution in [0, 0.1) is 0 Å². The molecule has 0 aliphatic heterocycles. The molecule has 1 N–H and O–H groups in total. The number of oxazole rings is 1. The Morgan fingerprint density at radius 1 is 1.13 bits per heavy atom. The first kappa shape index (κ1) is 16.1. The van der Waals surface area contributed by atoms with E-state index >= 15 is 0 Å². The van der Waals surface area contributed by atoms with Crippen LogP contribution < -0.4 is 0 Å². The smallest absolute Gasteiger partial charge is 0.392 e. The van der Waals surface area contributed by atoms with E-state index in [2.05, 4.69) is 20.9 Å². The van der Waals surface area contributed by atoms with Crippen molar-refractivity contribution in [2.75, 3.05) is 0 Å². The van der Waals surface area contributed by atoms with Gasteiger partial charge in [-0.15, -0.1) is 0 Å². The van der Waals surface area contributed by atoms with Crippen molar-refractivity contribution in [3.8, 4) is 22.6 Å². The fourth-order valence-electron chi connectivity index (χ4n) is 2.07. The molecule has 0 fully saturated rings. The Hall–Kier alpha value is -1.82. The third kappa shape index (κ3) is 3.27. The normalized spacial score (nSPS) is 10.7. The molecule has 0 unspecified atom stereocenters. The van der Waals surface area contributed by atoms with E-state index in [0.717, 1.165) is 4.47 Å². The van der Waals surface area contributed by atoms with E-state index in [9.17, 15) is 4.79 Å². The van der Waals surface area contributed by atoms with Crippen molar-refractivity contribution >= 4 is 45.1 Å². The summed E-state index contributed by atoms with van der Waals surface area (Å²) in [5.74, 6) is -1.32. The molecule has 4 nitrogen and oxygen atoms in total. The minimum atomic E-state index is -1.25. The second-order valence-corrected chi connectivity index (χ2v) is 6.39. The molecule has 3 rings (SSSR count). The van der Waals surface area contributed by atoms with Crippen LogP contribution in [0.1, 0.15) is 10.7 Å². The van der Waals surface area contributed by atoms with Gasteiger partial charge in [0.2, 0.25) is 0 Å². The second-order valence-electron chi connectivity index (χ2n) is 4.63. The van der Waals surface area contributed by atoms with Gasteiger partial charge in [-0.3, -0.25) is 0 Å². The lowest BCUT2D eigenvalue weighted by Gasteiger charge is -2.04. The second kappa shape index (κ2) is 6.35. The number of carbonyl (C=O) groups is 1. The summed E-state index contributed by atoms with van der Waals surface area (Å²) in [4.78, 5) is 15.3. The number of nitrogens with zero attached hydrogens (tertiary/aromatic N) is 1. The first-order valence-electron chi connectivity index (χ1n) is 6.41. The SMILES string of the molecule is O=C(O)c1nc(-c2ccc(Cl)cc2Cl)c(-c2ccc(Br)cc2)o1. The predicted octanol–water partition coefficient (Wildman–Crippen LogP) is 5.78. The maximum Gasteiger partial charge on any atom is 0.392 e. The van der Waals surface area contributed by atoms with E-state index in [0.29, 0.717) is 32.6 Å². The van der Waals surface area contributed by atoms with E-state index in [1.165, 1.54) is 0 Å². The number of carboxylic acids is 1. The molecule has 0 atom stereocenters. The van der Waals surface area contributed by atoms with Crippen LogP contribution in [-0.4, -0.2) is 16.1 Å². The van der Waals surface area contributed by atoms with Crippen LogP contribution in [0.5, 0.6) is 0 Å². The van der Waals surface area contributed by atoms with Gasteiger partial charge in [-0.05, 0) is 30.3 Å². The molecule has 0 amide bonds. The van der Waals surface area contributed by atoms with Crippen LogP contribution in [0.25, 0.3) is 22.6 Å². The summed E-state index contributed by atoms with van der Waals surface area (Å²) in [5, 5.41) is 10.00. The maximum absolute atomic E-state index is 11.2. The van der Waals surface area contributed by atoms with Gasteiger partial charge in [-0.25, -0.2) is 9.78 Å². The monoisotopic (exact) mass is 411 g/mol. The largest absolute Gasteiger partial charge is 0.474 e. The zero-order valence-electron chi connectivity index (χ0n) is 11.4. The number of aromatic carboxylic acids is 1.